The van der Waals surface area contributed by atoms with Gasteiger partial charge in [-0.05, 0) is 37.1 Å². The zero-order valence-corrected chi connectivity index (χ0v) is 15.0. The van der Waals surface area contributed by atoms with Gasteiger partial charge >= 0.3 is 0 Å². The van der Waals surface area contributed by atoms with Crippen LogP contribution in [0.25, 0.3) is 5.69 Å². The van der Waals surface area contributed by atoms with Crippen molar-refractivity contribution in [1.82, 2.24) is 24.0 Å². The van der Waals surface area contributed by atoms with Crippen molar-refractivity contribution in [2.24, 2.45) is 0 Å². The normalized spacial score (nSPS) is 17.4. The number of hydrogen-bond acceptors (Lipinski definition) is 3. The first-order valence-electron chi connectivity index (χ1n) is 9.15. The van der Waals surface area contributed by atoms with Crippen molar-refractivity contribution in [3.05, 3.63) is 66.8 Å². The molecule has 0 saturated carbocycles. The number of aryl methyl sites for hydroxylation is 1. The van der Waals surface area contributed by atoms with Gasteiger partial charge in [-0.1, -0.05) is 6.92 Å². The molecule has 6 heteroatoms. The zero-order chi connectivity index (χ0) is 17.9. The molecule has 6 nitrogen and oxygen atoms in total. The fraction of sp³-hybridized carbons (Fsp3) is 0.350. The van der Waals surface area contributed by atoms with Gasteiger partial charge in [-0.15, -0.1) is 0 Å². The maximum absolute atomic E-state index is 12.9. The Morgan fingerprint density at radius 3 is 2.77 bits per heavy atom. The number of rotatable bonds is 4. The van der Waals surface area contributed by atoms with Gasteiger partial charge in [0.2, 0.25) is 0 Å². The minimum atomic E-state index is 0.102. The van der Waals surface area contributed by atoms with Gasteiger partial charge in [0, 0.05) is 55.5 Å². The molecular formula is C20H23N5O. The highest BCUT2D eigenvalue weighted by Crippen LogP contribution is 2.24. The molecule has 134 valence electrons. The smallest absolute Gasteiger partial charge is 0.253 e. The summed E-state index contributed by atoms with van der Waals surface area (Å²) in [5.41, 5.74) is 1.73. The minimum absolute atomic E-state index is 0.102. The molecule has 4 rings (SSSR count). The predicted octanol–water partition coefficient (Wildman–Crippen LogP) is 3.11. The number of aromatic nitrogens is 4. The summed E-state index contributed by atoms with van der Waals surface area (Å²) in [6, 6.07) is 8.03. The minimum Gasteiger partial charge on any atom is -0.337 e. The summed E-state index contributed by atoms with van der Waals surface area (Å²) in [5, 5.41) is 0. The van der Waals surface area contributed by atoms with E-state index in [1.54, 1.807) is 12.5 Å². The van der Waals surface area contributed by atoms with E-state index < -0.39 is 0 Å². The van der Waals surface area contributed by atoms with Crippen molar-refractivity contribution in [1.29, 1.82) is 0 Å². The molecule has 1 aromatic carbocycles. The molecule has 1 fully saturated rings. The van der Waals surface area contributed by atoms with E-state index in [-0.39, 0.29) is 5.91 Å². The summed E-state index contributed by atoms with van der Waals surface area (Å²) >= 11 is 0. The highest BCUT2D eigenvalue weighted by molar-refractivity contribution is 5.94. The van der Waals surface area contributed by atoms with Crippen LogP contribution in [0.4, 0.5) is 0 Å². The second kappa shape index (κ2) is 7.15. The van der Waals surface area contributed by atoms with Crippen molar-refractivity contribution in [2.45, 2.75) is 32.2 Å². The number of carbonyl (C=O) groups is 1. The van der Waals surface area contributed by atoms with E-state index in [0.717, 1.165) is 49.4 Å². The number of carbonyl (C=O) groups excluding carboxylic acids is 1. The maximum atomic E-state index is 12.9. The van der Waals surface area contributed by atoms with E-state index in [1.807, 2.05) is 52.3 Å². The molecule has 3 aromatic rings. The third-order valence-electron chi connectivity index (χ3n) is 5.06. The van der Waals surface area contributed by atoms with Gasteiger partial charge in [-0.2, -0.15) is 0 Å². The molecule has 0 aliphatic carbocycles. The first kappa shape index (κ1) is 16.6. The van der Waals surface area contributed by atoms with Crippen molar-refractivity contribution in [2.75, 3.05) is 13.1 Å². The van der Waals surface area contributed by atoms with E-state index in [2.05, 4.69) is 21.5 Å². The molecule has 26 heavy (non-hydrogen) atoms. The number of piperidine rings is 1. The molecule has 1 aliphatic rings. The topological polar surface area (TPSA) is 56.0 Å². The van der Waals surface area contributed by atoms with Crippen LogP contribution in [0.1, 0.15) is 42.0 Å². The first-order chi connectivity index (χ1) is 12.8. The van der Waals surface area contributed by atoms with E-state index in [4.69, 9.17) is 0 Å². The van der Waals surface area contributed by atoms with E-state index in [9.17, 15) is 4.79 Å². The van der Waals surface area contributed by atoms with Gasteiger partial charge in [-0.3, -0.25) is 4.79 Å². The van der Waals surface area contributed by atoms with Gasteiger partial charge in [-0.25, -0.2) is 9.97 Å². The van der Waals surface area contributed by atoms with Crippen molar-refractivity contribution < 1.29 is 4.79 Å². The molecule has 0 unspecified atom stereocenters. The molecule has 1 atom stereocenters. The lowest BCUT2D eigenvalue weighted by Gasteiger charge is -2.34. The number of benzene rings is 1. The van der Waals surface area contributed by atoms with Crippen LogP contribution < -0.4 is 0 Å². The van der Waals surface area contributed by atoms with Crippen LogP contribution in [0.2, 0.25) is 0 Å². The summed E-state index contributed by atoms with van der Waals surface area (Å²) in [6.07, 6.45) is 12.3. The van der Waals surface area contributed by atoms with E-state index in [1.165, 1.54) is 0 Å². The van der Waals surface area contributed by atoms with Crippen molar-refractivity contribution in [3.63, 3.8) is 0 Å². The zero-order valence-electron chi connectivity index (χ0n) is 15.0. The molecule has 2 aromatic heterocycles. The molecule has 0 radical (unpaired) electrons. The molecule has 0 bridgehead atoms. The SMILES string of the molecule is CCc1nccn1[C@@H]1CCCN(C(=O)c2ccc(-n3ccnc3)cc2)C1. The Morgan fingerprint density at radius 1 is 1.19 bits per heavy atom. The summed E-state index contributed by atoms with van der Waals surface area (Å²) < 4.78 is 4.16. The average Bonchev–Trinajstić information content (AvgIpc) is 3.39. The third-order valence-corrected chi connectivity index (χ3v) is 5.06. The number of amides is 1. The monoisotopic (exact) mass is 349 g/mol. The Hall–Kier alpha value is -2.89. The average molecular weight is 349 g/mol. The fourth-order valence-corrected chi connectivity index (χ4v) is 3.69. The molecule has 0 spiro atoms. The Balaban J connectivity index is 1.49. The highest BCUT2D eigenvalue weighted by Gasteiger charge is 2.26. The molecule has 1 aliphatic heterocycles. The Bertz CT molecular complexity index is 866. The number of imidazole rings is 2. The Morgan fingerprint density at radius 2 is 2.04 bits per heavy atom. The highest BCUT2D eigenvalue weighted by atomic mass is 16.2. The predicted molar refractivity (Wildman–Crippen MR) is 99.3 cm³/mol. The van der Waals surface area contributed by atoms with Gasteiger partial charge in [0.25, 0.3) is 5.91 Å². The van der Waals surface area contributed by atoms with Crippen LogP contribution in [-0.4, -0.2) is 43.0 Å². The van der Waals surface area contributed by atoms with Crippen molar-refractivity contribution in [3.8, 4) is 5.69 Å². The van der Waals surface area contributed by atoms with Gasteiger partial charge in [0.1, 0.15) is 5.82 Å². The molecule has 0 N–H and O–H groups in total. The Kier molecular flexibility index (Phi) is 4.56. The quantitative estimate of drug-likeness (QED) is 0.727. The summed E-state index contributed by atoms with van der Waals surface area (Å²) in [5.74, 6) is 1.19. The Labute approximate surface area is 153 Å². The van der Waals surface area contributed by atoms with Crippen LogP contribution >= 0.6 is 0 Å². The number of hydrogen-bond donors (Lipinski definition) is 0. The molecule has 1 amide bonds. The third kappa shape index (κ3) is 3.14. The van der Waals surface area contributed by atoms with E-state index in [0.29, 0.717) is 6.04 Å². The van der Waals surface area contributed by atoms with Crippen LogP contribution in [0.3, 0.4) is 0 Å². The fourth-order valence-electron chi connectivity index (χ4n) is 3.69. The van der Waals surface area contributed by atoms with Crippen LogP contribution in [0.15, 0.2) is 55.4 Å². The van der Waals surface area contributed by atoms with Crippen LogP contribution in [-0.2, 0) is 6.42 Å². The van der Waals surface area contributed by atoms with Crippen molar-refractivity contribution >= 4 is 5.91 Å². The largest absolute Gasteiger partial charge is 0.337 e. The standard InChI is InChI=1S/C20H23N5O/c1-2-19-22-10-13-25(19)18-4-3-11-23(14-18)20(26)16-5-7-17(8-6-16)24-12-9-21-15-24/h5-10,12-13,15,18H,2-4,11,14H2,1H3/t18-/m1/s1. The van der Waals surface area contributed by atoms with E-state index >= 15 is 0 Å². The lowest BCUT2D eigenvalue weighted by Crippen LogP contribution is -2.40. The molecule has 3 heterocycles. The van der Waals surface area contributed by atoms with Gasteiger partial charge in [0.05, 0.1) is 12.4 Å². The maximum Gasteiger partial charge on any atom is 0.253 e. The molecule has 1 saturated heterocycles. The number of nitrogens with zero attached hydrogens (tertiary/aromatic N) is 5. The van der Waals surface area contributed by atoms with Gasteiger partial charge in [0.15, 0.2) is 0 Å². The lowest BCUT2D eigenvalue weighted by molar-refractivity contribution is 0.0678. The second-order valence-corrected chi connectivity index (χ2v) is 6.67. The lowest BCUT2D eigenvalue weighted by atomic mass is 10.0. The van der Waals surface area contributed by atoms with Crippen LogP contribution in [0.5, 0.6) is 0 Å². The number of likely N-dealkylation sites (tertiary alicyclic amines) is 1. The summed E-state index contributed by atoms with van der Waals surface area (Å²) in [7, 11) is 0. The first-order valence-corrected chi connectivity index (χ1v) is 9.15. The summed E-state index contributed by atoms with van der Waals surface area (Å²) in [4.78, 5) is 23.4. The molecular weight excluding hydrogens is 326 g/mol. The van der Waals surface area contributed by atoms with Gasteiger partial charge < -0.3 is 14.0 Å². The van der Waals surface area contributed by atoms with Crippen LogP contribution in [0, 0.1) is 0 Å². The second-order valence-electron chi connectivity index (χ2n) is 6.67. The summed E-state index contributed by atoms with van der Waals surface area (Å²) in [6.45, 7) is 3.67.